The van der Waals surface area contributed by atoms with Crippen molar-refractivity contribution in [2.45, 2.75) is 18.9 Å². The number of hydrogen-bond acceptors (Lipinski definition) is 5. The smallest absolute Gasteiger partial charge is 0.269 e. The maximum absolute atomic E-state index is 13.4. The Morgan fingerprint density at radius 1 is 1.09 bits per heavy atom. The van der Waals surface area contributed by atoms with E-state index in [4.69, 9.17) is 11.6 Å². The van der Waals surface area contributed by atoms with Gasteiger partial charge in [-0.25, -0.2) is 0 Å². The Morgan fingerprint density at radius 3 is 2.30 bits per heavy atom. The number of amides is 3. The lowest BCUT2D eigenvalue weighted by Crippen LogP contribution is -2.38. The minimum absolute atomic E-state index is 0.0652. The van der Waals surface area contributed by atoms with Gasteiger partial charge in [0.15, 0.2) is 0 Å². The first kappa shape index (κ1) is 21.3. The minimum atomic E-state index is -0.799. The number of nitrogens with one attached hydrogen (secondary N) is 1. The number of imide groups is 1. The number of non-ortho nitro benzene ring substituents is 1. The van der Waals surface area contributed by atoms with Gasteiger partial charge in [0.25, 0.3) is 5.69 Å². The molecule has 2 aromatic carbocycles. The summed E-state index contributed by atoms with van der Waals surface area (Å²) < 4.78 is 0. The van der Waals surface area contributed by atoms with Crippen molar-refractivity contribution in [1.82, 2.24) is 4.90 Å². The Morgan fingerprint density at radius 2 is 1.73 bits per heavy atom. The molecule has 3 aliphatic rings. The predicted molar refractivity (Wildman–Crippen MR) is 120 cm³/mol. The van der Waals surface area contributed by atoms with Crippen LogP contribution in [0.2, 0.25) is 5.02 Å². The molecule has 1 saturated heterocycles. The molecule has 1 N–H and O–H groups in total. The van der Waals surface area contributed by atoms with E-state index >= 15 is 0 Å². The Labute approximate surface area is 194 Å². The number of nitrogens with zero attached hydrogens (tertiary/aromatic N) is 2. The highest BCUT2D eigenvalue weighted by atomic mass is 35.5. The van der Waals surface area contributed by atoms with Crippen LogP contribution >= 0.6 is 11.6 Å². The quantitative estimate of drug-likeness (QED) is 0.298. The first-order valence-corrected chi connectivity index (χ1v) is 11.1. The molecule has 2 aliphatic carbocycles. The zero-order valence-electron chi connectivity index (χ0n) is 17.4. The van der Waals surface area contributed by atoms with E-state index in [9.17, 15) is 24.5 Å². The Balaban J connectivity index is 1.41. The lowest BCUT2D eigenvalue weighted by Gasteiger charge is -2.28. The van der Waals surface area contributed by atoms with Gasteiger partial charge in [0.1, 0.15) is 0 Å². The van der Waals surface area contributed by atoms with Gasteiger partial charge in [0, 0.05) is 22.8 Å². The van der Waals surface area contributed by atoms with Crippen molar-refractivity contribution in [1.29, 1.82) is 0 Å². The van der Waals surface area contributed by atoms with Crippen molar-refractivity contribution >= 4 is 40.7 Å². The fraction of sp³-hybridized carbons (Fsp3) is 0.292. The molecule has 9 heteroatoms. The Hall–Kier alpha value is -3.52. The zero-order chi connectivity index (χ0) is 23.3. The van der Waals surface area contributed by atoms with Gasteiger partial charge < -0.3 is 5.32 Å². The highest BCUT2D eigenvalue weighted by Crippen LogP contribution is 2.54. The molecule has 5 rings (SSSR count). The third kappa shape index (κ3) is 3.70. The number of halogens is 1. The van der Waals surface area contributed by atoms with Gasteiger partial charge in [-0.05, 0) is 48.1 Å². The second kappa shape index (κ2) is 8.12. The molecule has 0 radical (unpaired) electrons. The van der Waals surface area contributed by atoms with Crippen molar-refractivity contribution < 1.29 is 19.3 Å². The molecular formula is C24H20ClN3O5. The maximum Gasteiger partial charge on any atom is 0.269 e. The zero-order valence-corrected chi connectivity index (χ0v) is 18.1. The fourth-order valence-electron chi connectivity index (χ4n) is 5.36. The van der Waals surface area contributed by atoms with Crippen LogP contribution < -0.4 is 5.32 Å². The van der Waals surface area contributed by atoms with Crippen molar-refractivity contribution in [3.8, 4) is 0 Å². The van der Waals surface area contributed by atoms with Gasteiger partial charge >= 0.3 is 0 Å². The van der Waals surface area contributed by atoms with Crippen LogP contribution in [0.25, 0.3) is 0 Å². The molecule has 1 heterocycles. The highest BCUT2D eigenvalue weighted by molar-refractivity contribution is 6.30. The molecule has 5 atom stereocenters. The van der Waals surface area contributed by atoms with E-state index in [1.807, 2.05) is 12.2 Å². The maximum atomic E-state index is 13.4. The summed E-state index contributed by atoms with van der Waals surface area (Å²) in [7, 11) is 0. The number of hydrogen-bond donors (Lipinski definition) is 1. The van der Waals surface area contributed by atoms with Crippen LogP contribution in [-0.4, -0.2) is 27.5 Å². The van der Waals surface area contributed by atoms with Gasteiger partial charge in [-0.15, -0.1) is 0 Å². The third-order valence-corrected chi connectivity index (χ3v) is 7.03. The van der Waals surface area contributed by atoms with Gasteiger partial charge in [-0.1, -0.05) is 35.9 Å². The van der Waals surface area contributed by atoms with E-state index in [1.165, 1.54) is 29.2 Å². The van der Waals surface area contributed by atoms with E-state index in [1.54, 1.807) is 24.3 Å². The number of fused-ring (bicyclic) bond motifs is 5. The second-order valence-electron chi connectivity index (χ2n) is 8.67. The Kier molecular flexibility index (Phi) is 5.25. The van der Waals surface area contributed by atoms with E-state index in [-0.39, 0.29) is 47.6 Å². The molecule has 5 unspecified atom stereocenters. The molecule has 33 heavy (non-hydrogen) atoms. The average Bonchev–Trinajstić information content (AvgIpc) is 3.46. The van der Waals surface area contributed by atoms with E-state index in [0.717, 1.165) is 6.42 Å². The SMILES string of the molecule is O=C(CC(c1cccc(Cl)c1)N1C(=O)C2C3C=CC(C3)C2C1=O)Nc1ccc([N+](=O)[O-])cc1. The monoisotopic (exact) mass is 465 g/mol. The summed E-state index contributed by atoms with van der Waals surface area (Å²) in [6, 6.07) is 11.5. The molecule has 2 fully saturated rings. The average molecular weight is 466 g/mol. The number of benzene rings is 2. The summed E-state index contributed by atoms with van der Waals surface area (Å²) in [4.78, 5) is 51.2. The lowest BCUT2D eigenvalue weighted by atomic mass is 9.85. The van der Waals surface area contributed by atoms with Crippen LogP contribution in [0.3, 0.4) is 0 Å². The summed E-state index contributed by atoms with van der Waals surface area (Å²) in [6.07, 6.45) is 4.71. The summed E-state index contributed by atoms with van der Waals surface area (Å²) in [5, 5.41) is 14.0. The first-order valence-electron chi connectivity index (χ1n) is 10.7. The first-order chi connectivity index (χ1) is 15.8. The predicted octanol–water partition coefficient (Wildman–Crippen LogP) is 4.13. The molecule has 0 aromatic heterocycles. The molecule has 3 amide bonds. The molecule has 2 aromatic rings. The third-order valence-electron chi connectivity index (χ3n) is 6.79. The largest absolute Gasteiger partial charge is 0.326 e. The number of anilines is 1. The molecule has 1 aliphatic heterocycles. The van der Waals surface area contributed by atoms with Crippen molar-refractivity contribution in [3.05, 3.63) is 81.4 Å². The van der Waals surface area contributed by atoms with Gasteiger partial charge in [-0.3, -0.25) is 29.4 Å². The van der Waals surface area contributed by atoms with Crippen molar-refractivity contribution in [2.75, 3.05) is 5.32 Å². The van der Waals surface area contributed by atoms with E-state index < -0.39 is 16.9 Å². The molecule has 0 spiro atoms. The Bertz CT molecular complexity index is 1160. The van der Waals surface area contributed by atoms with Crippen LogP contribution in [0.15, 0.2) is 60.7 Å². The number of carbonyl (C=O) groups is 3. The van der Waals surface area contributed by atoms with Crippen molar-refractivity contribution in [3.63, 3.8) is 0 Å². The summed E-state index contributed by atoms with van der Waals surface area (Å²) >= 11 is 6.17. The number of nitro groups is 1. The van der Waals surface area contributed by atoms with Crippen LogP contribution in [0, 0.1) is 33.8 Å². The van der Waals surface area contributed by atoms with Gasteiger partial charge in [0.2, 0.25) is 17.7 Å². The standard InChI is InChI=1S/C24H20ClN3O5/c25-16-3-1-2-13(11-16)19(12-20(29)26-17-6-8-18(9-7-17)28(32)33)27-23(30)21-14-4-5-15(10-14)22(21)24(27)31/h1-9,11,14-15,19,21-22H,10,12H2,(H,26,29). The van der Waals surface area contributed by atoms with E-state index in [2.05, 4.69) is 5.32 Å². The number of rotatable bonds is 6. The number of carbonyl (C=O) groups excluding carboxylic acids is 3. The van der Waals surface area contributed by atoms with Gasteiger partial charge in [0.05, 0.1) is 29.2 Å². The van der Waals surface area contributed by atoms with Crippen LogP contribution in [0.5, 0.6) is 0 Å². The van der Waals surface area contributed by atoms with Crippen LogP contribution in [0.1, 0.15) is 24.4 Å². The topological polar surface area (TPSA) is 110 Å². The van der Waals surface area contributed by atoms with E-state index in [0.29, 0.717) is 16.3 Å². The highest BCUT2D eigenvalue weighted by Gasteiger charge is 2.60. The molecule has 8 nitrogen and oxygen atoms in total. The van der Waals surface area contributed by atoms with Crippen LogP contribution in [-0.2, 0) is 14.4 Å². The van der Waals surface area contributed by atoms with Crippen LogP contribution in [0.4, 0.5) is 11.4 Å². The second-order valence-corrected chi connectivity index (χ2v) is 9.11. The normalized spacial score (nSPS) is 25.9. The fourth-order valence-corrected chi connectivity index (χ4v) is 5.56. The summed E-state index contributed by atoms with van der Waals surface area (Å²) in [5.74, 6) is -1.51. The number of likely N-dealkylation sites (tertiary alicyclic amines) is 1. The number of allylic oxidation sites excluding steroid dienone is 2. The summed E-state index contributed by atoms with van der Waals surface area (Å²) in [5.41, 5.74) is 0.893. The van der Waals surface area contributed by atoms with Crippen molar-refractivity contribution in [2.24, 2.45) is 23.7 Å². The minimum Gasteiger partial charge on any atom is -0.326 e. The number of nitro benzene ring substituents is 1. The lowest BCUT2D eigenvalue weighted by molar-refractivity contribution is -0.384. The molecule has 2 bridgehead atoms. The summed E-state index contributed by atoms with van der Waals surface area (Å²) in [6.45, 7) is 0. The van der Waals surface area contributed by atoms with Gasteiger partial charge in [-0.2, -0.15) is 0 Å². The molecule has 168 valence electrons. The molecule has 1 saturated carbocycles. The molecular weight excluding hydrogens is 446 g/mol.